The number of hydrogen-bond acceptors (Lipinski definition) is 1. The summed E-state index contributed by atoms with van der Waals surface area (Å²) in [6.45, 7) is 0. The molecule has 2 rings (SSSR count). The SMILES string of the molecule is Clc1ccc2c(n1)[CH]2. The fourth-order valence-electron chi connectivity index (χ4n) is 0.652. The summed E-state index contributed by atoms with van der Waals surface area (Å²) in [4.78, 5) is 3.98. The van der Waals surface area contributed by atoms with E-state index >= 15 is 0 Å². The smallest absolute Gasteiger partial charge is 0.129 e. The van der Waals surface area contributed by atoms with Crippen LogP contribution in [0.2, 0.25) is 5.15 Å². The summed E-state index contributed by atoms with van der Waals surface area (Å²) in [6.07, 6.45) is 1.99. The average Bonchev–Trinajstić information content (AvgIpc) is 2.43. The molecule has 1 aliphatic carbocycles. The third-order valence-electron chi connectivity index (χ3n) is 1.13. The Kier molecular flexibility index (Phi) is 0.667. The van der Waals surface area contributed by atoms with Gasteiger partial charge in [-0.05, 0) is 11.6 Å². The molecule has 0 aromatic carbocycles. The van der Waals surface area contributed by atoms with Crippen LogP contribution in [0, 0.1) is 6.42 Å². The molecular weight excluding hydrogens is 122 g/mol. The van der Waals surface area contributed by atoms with E-state index in [4.69, 9.17) is 11.6 Å². The van der Waals surface area contributed by atoms with Crippen molar-refractivity contribution < 1.29 is 0 Å². The Morgan fingerprint density at radius 3 is 2.88 bits per heavy atom. The molecule has 1 nitrogen and oxygen atoms in total. The van der Waals surface area contributed by atoms with Crippen LogP contribution in [0.15, 0.2) is 12.1 Å². The molecule has 0 amide bonds. The van der Waals surface area contributed by atoms with Gasteiger partial charge < -0.3 is 0 Å². The van der Waals surface area contributed by atoms with Gasteiger partial charge in [0.15, 0.2) is 0 Å². The van der Waals surface area contributed by atoms with Crippen molar-refractivity contribution in [3.05, 3.63) is 35.0 Å². The van der Waals surface area contributed by atoms with Crippen molar-refractivity contribution in [3.63, 3.8) is 0 Å². The molecule has 0 atom stereocenters. The molecule has 0 saturated carbocycles. The zero-order chi connectivity index (χ0) is 5.56. The van der Waals surface area contributed by atoms with E-state index in [1.54, 1.807) is 6.07 Å². The van der Waals surface area contributed by atoms with Crippen LogP contribution < -0.4 is 0 Å². The third kappa shape index (κ3) is 0.514. The maximum atomic E-state index is 5.55. The Balaban J connectivity index is 2.64. The lowest BCUT2D eigenvalue weighted by atomic mass is 10.5. The van der Waals surface area contributed by atoms with Crippen molar-refractivity contribution in [2.45, 2.75) is 0 Å². The van der Waals surface area contributed by atoms with Crippen LogP contribution in [0.4, 0.5) is 0 Å². The molecular formula is C6H3ClN. The lowest BCUT2D eigenvalue weighted by Gasteiger charge is -1.78. The Bertz CT molecular complexity index is 231. The van der Waals surface area contributed by atoms with E-state index in [-0.39, 0.29) is 0 Å². The standard InChI is InChI=1S/C6H3ClN/c7-6-2-1-4-3-5(4)8-6/h1-3H. The maximum Gasteiger partial charge on any atom is 0.129 e. The molecule has 0 aliphatic heterocycles. The van der Waals surface area contributed by atoms with Gasteiger partial charge in [-0.1, -0.05) is 17.7 Å². The zero-order valence-electron chi connectivity index (χ0n) is 4.06. The fourth-order valence-corrected chi connectivity index (χ4v) is 0.806. The summed E-state index contributed by atoms with van der Waals surface area (Å²) in [5, 5.41) is 0.581. The Hall–Kier alpha value is -0.560. The Morgan fingerprint density at radius 1 is 1.38 bits per heavy atom. The van der Waals surface area contributed by atoms with E-state index in [1.165, 1.54) is 5.56 Å². The van der Waals surface area contributed by atoms with Gasteiger partial charge in [0.1, 0.15) is 5.15 Å². The summed E-state index contributed by atoms with van der Waals surface area (Å²) < 4.78 is 0. The molecule has 1 radical (unpaired) electrons. The van der Waals surface area contributed by atoms with E-state index in [0.29, 0.717) is 5.15 Å². The molecule has 1 aromatic rings. The molecule has 1 aliphatic rings. The minimum absolute atomic E-state index is 0.581. The monoisotopic (exact) mass is 124 g/mol. The molecule has 0 bridgehead atoms. The lowest BCUT2D eigenvalue weighted by Crippen LogP contribution is -1.67. The predicted octanol–water partition coefficient (Wildman–Crippen LogP) is 1.65. The van der Waals surface area contributed by atoms with Gasteiger partial charge in [-0.15, -0.1) is 0 Å². The zero-order valence-corrected chi connectivity index (χ0v) is 4.81. The van der Waals surface area contributed by atoms with Crippen molar-refractivity contribution in [2.24, 2.45) is 0 Å². The molecule has 0 saturated heterocycles. The van der Waals surface area contributed by atoms with Crippen molar-refractivity contribution in [1.29, 1.82) is 0 Å². The Labute approximate surface area is 52.3 Å². The first kappa shape index (κ1) is 4.33. The number of hydrogen-bond donors (Lipinski definition) is 0. The van der Waals surface area contributed by atoms with Gasteiger partial charge in [0, 0.05) is 6.42 Å². The normalized spacial score (nSPS) is 13.1. The highest BCUT2D eigenvalue weighted by Crippen LogP contribution is 2.28. The summed E-state index contributed by atoms with van der Waals surface area (Å²) in [6, 6.07) is 3.76. The molecule has 0 unspecified atom stereocenters. The quantitative estimate of drug-likeness (QED) is 0.487. The molecule has 39 valence electrons. The van der Waals surface area contributed by atoms with Gasteiger partial charge in [0.25, 0.3) is 0 Å². The third-order valence-corrected chi connectivity index (χ3v) is 1.34. The summed E-state index contributed by atoms with van der Waals surface area (Å²) >= 11 is 5.55. The van der Waals surface area contributed by atoms with Crippen LogP contribution in [-0.4, -0.2) is 4.98 Å². The molecule has 0 spiro atoms. The van der Waals surface area contributed by atoms with Crippen LogP contribution in [-0.2, 0) is 0 Å². The van der Waals surface area contributed by atoms with Gasteiger partial charge in [0.05, 0.1) is 5.69 Å². The summed E-state index contributed by atoms with van der Waals surface area (Å²) in [7, 11) is 0. The van der Waals surface area contributed by atoms with Gasteiger partial charge in [0.2, 0.25) is 0 Å². The first-order chi connectivity index (χ1) is 3.86. The molecule has 0 N–H and O–H groups in total. The number of aromatic nitrogens is 1. The van der Waals surface area contributed by atoms with E-state index in [2.05, 4.69) is 4.98 Å². The molecule has 0 fully saturated rings. The van der Waals surface area contributed by atoms with Crippen LogP contribution in [0.1, 0.15) is 11.3 Å². The van der Waals surface area contributed by atoms with Crippen LogP contribution in [0.25, 0.3) is 0 Å². The molecule has 1 heterocycles. The van der Waals surface area contributed by atoms with Crippen molar-refractivity contribution in [2.75, 3.05) is 0 Å². The fraction of sp³-hybridized carbons (Fsp3) is 0. The molecule has 1 aromatic heterocycles. The predicted molar refractivity (Wildman–Crippen MR) is 31.8 cm³/mol. The highest BCUT2D eigenvalue weighted by molar-refractivity contribution is 6.29. The molecule has 2 heteroatoms. The summed E-state index contributed by atoms with van der Waals surface area (Å²) in [5.74, 6) is 0. The minimum Gasteiger partial charge on any atom is -0.240 e. The van der Waals surface area contributed by atoms with E-state index in [0.717, 1.165) is 5.69 Å². The average molecular weight is 125 g/mol. The number of fused-ring (bicyclic) bond motifs is 1. The highest BCUT2D eigenvalue weighted by Gasteiger charge is 2.17. The van der Waals surface area contributed by atoms with Crippen molar-refractivity contribution >= 4 is 11.6 Å². The largest absolute Gasteiger partial charge is 0.240 e. The van der Waals surface area contributed by atoms with Gasteiger partial charge in [-0.2, -0.15) is 0 Å². The van der Waals surface area contributed by atoms with E-state index in [9.17, 15) is 0 Å². The second-order valence-electron chi connectivity index (χ2n) is 1.75. The van der Waals surface area contributed by atoms with Gasteiger partial charge in [-0.3, -0.25) is 0 Å². The van der Waals surface area contributed by atoms with E-state index in [1.807, 2.05) is 12.5 Å². The van der Waals surface area contributed by atoms with Crippen molar-refractivity contribution in [1.82, 2.24) is 4.98 Å². The second kappa shape index (κ2) is 1.23. The second-order valence-corrected chi connectivity index (χ2v) is 2.14. The van der Waals surface area contributed by atoms with Crippen LogP contribution in [0.5, 0.6) is 0 Å². The van der Waals surface area contributed by atoms with Gasteiger partial charge >= 0.3 is 0 Å². The number of halogens is 1. The van der Waals surface area contributed by atoms with Crippen molar-refractivity contribution in [3.8, 4) is 0 Å². The number of pyridine rings is 1. The number of nitrogens with zero attached hydrogens (tertiary/aromatic N) is 1. The van der Waals surface area contributed by atoms with E-state index < -0.39 is 0 Å². The first-order valence-electron chi connectivity index (χ1n) is 2.37. The van der Waals surface area contributed by atoms with Crippen LogP contribution >= 0.6 is 11.6 Å². The lowest BCUT2D eigenvalue weighted by molar-refractivity contribution is 1.34. The molecule has 8 heavy (non-hydrogen) atoms. The Morgan fingerprint density at radius 2 is 2.25 bits per heavy atom. The van der Waals surface area contributed by atoms with Crippen LogP contribution in [0.3, 0.4) is 0 Å². The summed E-state index contributed by atoms with van der Waals surface area (Å²) in [5.41, 5.74) is 2.26. The number of rotatable bonds is 0. The van der Waals surface area contributed by atoms with Gasteiger partial charge in [-0.25, -0.2) is 4.98 Å². The minimum atomic E-state index is 0.581. The topological polar surface area (TPSA) is 12.9 Å². The highest BCUT2D eigenvalue weighted by atomic mass is 35.5. The first-order valence-corrected chi connectivity index (χ1v) is 2.75. The maximum absolute atomic E-state index is 5.55.